The van der Waals surface area contributed by atoms with E-state index >= 15 is 0 Å². The van der Waals surface area contributed by atoms with Crippen molar-refractivity contribution >= 4 is 45.6 Å². The van der Waals surface area contributed by atoms with E-state index in [0.29, 0.717) is 22.7 Å². The molecule has 0 spiro atoms. The first-order chi connectivity index (χ1) is 16.8. The molecule has 35 heavy (non-hydrogen) atoms. The summed E-state index contributed by atoms with van der Waals surface area (Å²) in [5.41, 5.74) is 3.18. The zero-order chi connectivity index (χ0) is 24.9. The second-order valence-electron chi connectivity index (χ2n) is 9.20. The molecule has 1 aliphatic heterocycles. The van der Waals surface area contributed by atoms with Crippen molar-refractivity contribution in [3.63, 3.8) is 0 Å². The highest BCUT2D eigenvalue weighted by atomic mass is 35.5. The second-order valence-corrected chi connectivity index (χ2v) is 10.7. The minimum Gasteiger partial charge on any atom is -0.312 e. The van der Waals surface area contributed by atoms with E-state index in [0.717, 1.165) is 30.1 Å². The SMILES string of the molecule is CC(C)N(C)Cc1ccc(N2CC(C(=O)Nc3nnc(CCc4ccc(Cl)cc4)s3)CC2=O)cc1. The number of hydrogen-bond donors (Lipinski definition) is 1. The predicted octanol–water partition coefficient (Wildman–Crippen LogP) is 4.81. The summed E-state index contributed by atoms with van der Waals surface area (Å²) in [5.74, 6) is -0.662. The van der Waals surface area contributed by atoms with Crippen LogP contribution < -0.4 is 10.2 Å². The molecule has 1 N–H and O–H groups in total. The van der Waals surface area contributed by atoms with Gasteiger partial charge >= 0.3 is 0 Å². The lowest BCUT2D eigenvalue weighted by atomic mass is 10.1. The number of nitrogens with one attached hydrogen (secondary N) is 1. The standard InChI is InChI=1S/C26H30ClN5O2S/c1-17(2)31(3)15-19-6-11-22(12-7-19)32-16-20(14-24(32)33)25(34)28-26-30-29-23(35-26)13-8-18-4-9-21(27)10-5-18/h4-7,9-12,17,20H,8,13-16H2,1-3H3,(H,28,30,34). The molecule has 2 heterocycles. The van der Waals surface area contributed by atoms with Crippen molar-refractivity contribution in [1.82, 2.24) is 15.1 Å². The number of aryl methyl sites for hydroxylation is 2. The topological polar surface area (TPSA) is 78.4 Å². The van der Waals surface area contributed by atoms with Crippen molar-refractivity contribution in [2.24, 2.45) is 5.92 Å². The highest BCUT2D eigenvalue weighted by molar-refractivity contribution is 7.15. The number of hydrogen-bond acceptors (Lipinski definition) is 6. The normalized spacial score (nSPS) is 15.9. The smallest absolute Gasteiger partial charge is 0.231 e. The molecule has 184 valence electrons. The van der Waals surface area contributed by atoms with Crippen LogP contribution >= 0.6 is 22.9 Å². The third-order valence-electron chi connectivity index (χ3n) is 6.30. The maximum absolute atomic E-state index is 12.8. The van der Waals surface area contributed by atoms with E-state index in [-0.39, 0.29) is 18.2 Å². The minimum atomic E-state index is -0.421. The number of benzene rings is 2. The van der Waals surface area contributed by atoms with Crippen LogP contribution in [0.5, 0.6) is 0 Å². The fraction of sp³-hybridized carbons (Fsp3) is 0.385. The molecule has 0 bridgehead atoms. The van der Waals surface area contributed by atoms with Crippen molar-refractivity contribution in [3.05, 3.63) is 69.7 Å². The van der Waals surface area contributed by atoms with E-state index < -0.39 is 5.92 Å². The number of halogens is 1. The number of nitrogens with zero attached hydrogens (tertiary/aromatic N) is 4. The summed E-state index contributed by atoms with van der Waals surface area (Å²) >= 11 is 7.30. The maximum Gasteiger partial charge on any atom is 0.231 e. The first kappa shape index (κ1) is 25.3. The molecule has 1 fully saturated rings. The lowest BCUT2D eigenvalue weighted by Gasteiger charge is -2.22. The summed E-state index contributed by atoms with van der Waals surface area (Å²) in [5, 5.41) is 13.2. The van der Waals surface area contributed by atoms with Gasteiger partial charge in [-0.25, -0.2) is 0 Å². The summed E-state index contributed by atoms with van der Waals surface area (Å²) in [7, 11) is 2.09. The molecule has 4 rings (SSSR count). The van der Waals surface area contributed by atoms with Crippen molar-refractivity contribution in [3.8, 4) is 0 Å². The van der Waals surface area contributed by atoms with E-state index in [4.69, 9.17) is 11.6 Å². The fourth-order valence-corrected chi connectivity index (χ4v) is 4.77. The Hall–Kier alpha value is -2.81. The molecule has 0 aliphatic carbocycles. The Morgan fingerprint density at radius 2 is 1.80 bits per heavy atom. The number of carbonyl (C=O) groups is 2. The van der Waals surface area contributed by atoms with Gasteiger partial charge in [0.2, 0.25) is 16.9 Å². The Labute approximate surface area is 215 Å². The molecular formula is C26H30ClN5O2S. The largest absolute Gasteiger partial charge is 0.312 e. The molecule has 0 saturated carbocycles. The lowest BCUT2D eigenvalue weighted by molar-refractivity contribution is -0.122. The van der Waals surface area contributed by atoms with Crippen LogP contribution in [0.2, 0.25) is 5.02 Å². The van der Waals surface area contributed by atoms with Gasteiger partial charge in [0.1, 0.15) is 5.01 Å². The summed E-state index contributed by atoms with van der Waals surface area (Å²) in [4.78, 5) is 29.4. The summed E-state index contributed by atoms with van der Waals surface area (Å²) in [6.07, 6.45) is 1.73. The van der Waals surface area contributed by atoms with Gasteiger partial charge in [0.15, 0.2) is 0 Å². The van der Waals surface area contributed by atoms with Gasteiger partial charge in [0.25, 0.3) is 0 Å². The summed E-state index contributed by atoms with van der Waals surface area (Å²) < 4.78 is 0. The van der Waals surface area contributed by atoms with E-state index in [1.54, 1.807) is 4.90 Å². The molecule has 1 aliphatic rings. The van der Waals surface area contributed by atoms with Crippen LogP contribution in [0, 0.1) is 5.92 Å². The molecular weight excluding hydrogens is 482 g/mol. The molecule has 1 unspecified atom stereocenters. The van der Waals surface area contributed by atoms with E-state index in [9.17, 15) is 9.59 Å². The number of amides is 2. The monoisotopic (exact) mass is 511 g/mol. The van der Waals surface area contributed by atoms with Crippen LogP contribution in [0.3, 0.4) is 0 Å². The predicted molar refractivity (Wildman–Crippen MR) is 141 cm³/mol. The maximum atomic E-state index is 12.8. The van der Waals surface area contributed by atoms with Gasteiger partial charge in [-0.2, -0.15) is 0 Å². The van der Waals surface area contributed by atoms with Gasteiger partial charge in [-0.1, -0.05) is 47.2 Å². The quantitative estimate of drug-likeness (QED) is 0.446. The zero-order valence-corrected chi connectivity index (χ0v) is 21.8. The van der Waals surface area contributed by atoms with Gasteiger partial charge in [-0.05, 0) is 62.7 Å². The van der Waals surface area contributed by atoms with E-state index in [1.165, 1.54) is 22.5 Å². The van der Waals surface area contributed by atoms with Gasteiger partial charge in [0, 0.05) is 42.7 Å². The minimum absolute atomic E-state index is 0.0434. The molecule has 3 aromatic rings. The van der Waals surface area contributed by atoms with Crippen LogP contribution in [0.4, 0.5) is 10.8 Å². The first-order valence-electron chi connectivity index (χ1n) is 11.8. The van der Waals surface area contributed by atoms with Gasteiger partial charge < -0.3 is 10.2 Å². The van der Waals surface area contributed by atoms with Crippen molar-refractivity contribution < 1.29 is 9.59 Å². The third-order valence-corrected chi connectivity index (χ3v) is 7.45. The van der Waals surface area contributed by atoms with Gasteiger partial charge in [0.05, 0.1) is 5.92 Å². The molecule has 1 saturated heterocycles. The highest BCUT2D eigenvalue weighted by Gasteiger charge is 2.35. The van der Waals surface area contributed by atoms with Crippen LogP contribution in [0.25, 0.3) is 0 Å². The molecule has 2 amide bonds. The van der Waals surface area contributed by atoms with Crippen LogP contribution in [0.1, 0.15) is 36.4 Å². The fourth-order valence-electron chi connectivity index (χ4n) is 3.90. The van der Waals surface area contributed by atoms with Crippen molar-refractivity contribution in [2.75, 3.05) is 23.8 Å². The molecule has 2 aromatic carbocycles. The third kappa shape index (κ3) is 6.66. The number of carbonyl (C=O) groups excluding carboxylic acids is 2. The average Bonchev–Trinajstić information content (AvgIpc) is 3.45. The molecule has 1 aromatic heterocycles. The van der Waals surface area contributed by atoms with Crippen molar-refractivity contribution in [2.45, 2.75) is 45.7 Å². The molecule has 7 nitrogen and oxygen atoms in total. The van der Waals surface area contributed by atoms with Gasteiger partial charge in [-0.3, -0.25) is 14.5 Å². The second kappa shape index (κ2) is 11.3. The number of anilines is 2. The Morgan fingerprint density at radius 1 is 1.11 bits per heavy atom. The Balaban J connectivity index is 1.30. The molecule has 9 heteroatoms. The van der Waals surface area contributed by atoms with Crippen molar-refractivity contribution in [1.29, 1.82) is 0 Å². The van der Waals surface area contributed by atoms with Crippen LogP contribution in [-0.4, -0.2) is 46.5 Å². The lowest BCUT2D eigenvalue weighted by Crippen LogP contribution is -2.28. The van der Waals surface area contributed by atoms with E-state index in [1.807, 2.05) is 48.5 Å². The van der Waals surface area contributed by atoms with Gasteiger partial charge in [-0.15, -0.1) is 10.2 Å². The molecule has 1 atom stereocenters. The van der Waals surface area contributed by atoms with E-state index in [2.05, 4.69) is 41.3 Å². The Bertz CT molecular complexity index is 1160. The number of aromatic nitrogens is 2. The zero-order valence-electron chi connectivity index (χ0n) is 20.2. The highest BCUT2D eigenvalue weighted by Crippen LogP contribution is 2.27. The van der Waals surface area contributed by atoms with Crippen LogP contribution in [-0.2, 0) is 29.0 Å². The summed E-state index contributed by atoms with van der Waals surface area (Å²) in [6, 6.07) is 16.2. The average molecular weight is 512 g/mol. The Kier molecular flexibility index (Phi) is 8.15. The Morgan fingerprint density at radius 3 is 2.49 bits per heavy atom. The first-order valence-corrected chi connectivity index (χ1v) is 12.9. The number of rotatable bonds is 9. The summed E-state index contributed by atoms with van der Waals surface area (Å²) in [6.45, 7) is 5.53. The van der Waals surface area contributed by atoms with Crippen LogP contribution in [0.15, 0.2) is 48.5 Å². The molecule has 0 radical (unpaired) electrons.